The third kappa shape index (κ3) is 3.30. The maximum absolute atomic E-state index is 12.9. The lowest BCUT2D eigenvalue weighted by molar-refractivity contribution is 0.101. The van der Waals surface area contributed by atoms with Gasteiger partial charge in [0.15, 0.2) is 5.65 Å². The predicted octanol–water partition coefficient (Wildman–Crippen LogP) is 3.44. The molecule has 0 radical (unpaired) electrons. The first kappa shape index (κ1) is 17.7. The fourth-order valence-electron chi connectivity index (χ4n) is 3.26. The number of carbonyl (C=O) groups excluding carboxylic acids is 1. The highest BCUT2D eigenvalue weighted by Gasteiger charge is 2.15. The van der Waals surface area contributed by atoms with E-state index in [2.05, 4.69) is 25.7 Å². The fraction of sp³-hybridized carbons (Fsp3) is 0.0455. The van der Waals surface area contributed by atoms with Gasteiger partial charge < -0.3 is 5.32 Å². The summed E-state index contributed by atoms with van der Waals surface area (Å²) in [6, 6.07) is 22.8. The average Bonchev–Trinajstić information content (AvgIpc) is 3.40. The van der Waals surface area contributed by atoms with Crippen molar-refractivity contribution in [2.75, 3.05) is 5.32 Å². The molecule has 30 heavy (non-hydrogen) atoms. The molecule has 2 aromatic carbocycles. The van der Waals surface area contributed by atoms with Crippen molar-refractivity contribution in [3.63, 3.8) is 0 Å². The van der Waals surface area contributed by atoms with Crippen molar-refractivity contribution in [1.82, 2.24) is 29.6 Å². The highest BCUT2D eigenvalue weighted by Crippen LogP contribution is 2.23. The Morgan fingerprint density at radius 3 is 2.57 bits per heavy atom. The molecule has 1 amide bonds. The van der Waals surface area contributed by atoms with E-state index in [0.717, 1.165) is 22.5 Å². The summed E-state index contributed by atoms with van der Waals surface area (Å²) in [6.07, 6.45) is 1.55. The number of aryl methyl sites for hydroxylation is 1. The van der Waals surface area contributed by atoms with Crippen LogP contribution in [0.2, 0.25) is 0 Å². The third-order valence-electron chi connectivity index (χ3n) is 4.76. The smallest absolute Gasteiger partial charge is 0.273 e. The molecule has 5 aromatic rings. The van der Waals surface area contributed by atoms with Crippen LogP contribution in [0.3, 0.4) is 0 Å². The lowest BCUT2D eigenvalue weighted by atomic mass is 10.1. The molecule has 0 atom stereocenters. The van der Waals surface area contributed by atoms with Gasteiger partial charge in [-0.25, -0.2) is 0 Å². The number of fused-ring (bicyclic) bond motifs is 1. The van der Waals surface area contributed by atoms with Gasteiger partial charge in [0.05, 0.1) is 11.4 Å². The topological polar surface area (TPSA) is 90.0 Å². The molecule has 0 spiro atoms. The minimum absolute atomic E-state index is 0.230. The van der Waals surface area contributed by atoms with E-state index in [0.29, 0.717) is 17.0 Å². The lowest BCUT2D eigenvalue weighted by Gasteiger charge is -2.07. The van der Waals surface area contributed by atoms with E-state index in [1.165, 1.54) is 0 Å². The summed E-state index contributed by atoms with van der Waals surface area (Å²) >= 11 is 0. The maximum Gasteiger partial charge on any atom is 0.273 e. The Hall–Kier alpha value is -4.33. The number of nitrogens with one attached hydrogen (secondary N) is 1. The molecule has 0 aliphatic heterocycles. The van der Waals surface area contributed by atoms with Gasteiger partial charge in [-0.2, -0.15) is 14.7 Å². The second-order valence-electron chi connectivity index (χ2n) is 6.79. The van der Waals surface area contributed by atoms with Crippen LogP contribution in [0.4, 0.5) is 5.69 Å². The highest BCUT2D eigenvalue weighted by atomic mass is 16.2. The van der Waals surface area contributed by atoms with Gasteiger partial charge >= 0.3 is 0 Å². The Labute approximate surface area is 171 Å². The molecule has 3 heterocycles. The SMILES string of the molecule is Cn1nc(-c2ccccc2)cc1C(=O)Nc1cccc(-c2ccc3nncn3n2)c1. The highest BCUT2D eigenvalue weighted by molar-refractivity contribution is 6.04. The fourth-order valence-corrected chi connectivity index (χ4v) is 3.26. The van der Waals surface area contributed by atoms with Crippen LogP contribution in [0.25, 0.3) is 28.2 Å². The minimum Gasteiger partial charge on any atom is -0.321 e. The van der Waals surface area contributed by atoms with Gasteiger partial charge in [0.1, 0.15) is 12.0 Å². The second kappa shape index (κ2) is 7.25. The quantitative estimate of drug-likeness (QED) is 0.503. The number of amides is 1. The minimum atomic E-state index is -0.230. The lowest BCUT2D eigenvalue weighted by Crippen LogP contribution is -2.16. The van der Waals surface area contributed by atoms with Crippen molar-refractivity contribution >= 4 is 17.2 Å². The first-order valence-electron chi connectivity index (χ1n) is 9.36. The first-order valence-corrected chi connectivity index (χ1v) is 9.36. The molecule has 0 unspecified atom stereocenters. The number of carbonyl (C=O) groups is 1. The van der Waals surface area contributed by atoms with Crippen molar-refractivity contribution in [3.05, 3.63) is 84.8 Å². The Kier molecular flexibility index (Phi) is 4.29. The number of benzene rings is 2. The number of rotatable bonds is 4. The molecular formula is C22H17N7O. The zero-order valence-corrected chi connectivity index (χ0v) is 16.1. The van der Waals surface area contributed by atoms with Crippen LogP contribution in [0, 0.1) is 0 Å². The first-order chi connectivity index (χ1) is 14.7. The van der Waals surface area contributed by atoms with Crippen LogP contribution in [0.15, 0.2) is 79.1 Å². The molecule has 0 saturated heterocycles. The molecule has 0 aliphatic rings. The molecule has 8 nitrogen and oxygen atoms in total. The van der Waals surface area contributed by atoms with Crippen LogP contribution in [0.1, 0.15) is 10.5 Å². The van der Waals surface area contributed by atoms with Gasteiger partial charge in [-0.1, -0.05) is 42.5 Å². The molecule has 0 aliphatic carbocycles. The molecule has 0 fully saturated rings. The molecule has 5 rings (SSSR count). The second-order valence-corrected chi connectivity index (χ2v) is 6.79. The van der Waals surface area contributed by atoms with E-state index in [9.17, 15) is 4.79 Å². The number of hydrogen-bond donors (Lipinski definition) is 1. The van der Waals surface area contributed by atoms with Gasteiger partial charge in [-0.05, 0) is 30.3 Å². The monoisotopic (exact) mass is 395 g/mol. The standard InChI is InChI=1S/C22H17N7O/c1-28-20(13-19(26-28)15-6-3-2-4-7-15)22(30)24-17-9-5-8-16(12-17)18-10-11-21-25-23-14-29(21)27-18/h2-14H,1H3,(H,24,30). The average molecular weight is 395 g/mol. The zero-order valence-electron chi connectivity index (χ0n) is 16.1. The van der Waals surface area contributed by atoms with Crippen molar-refractivity contribution in [2.45, 2.75) is 0 Å². The summed E-state index contributed by atoms with van der Waals surface area (Å²) in [5, 5.41) is 19.7. The van der Waals surface area contributed by atoms with Gasteiger partial charge in [0.2, 0.25) is 0 Å². The molecule has 146 valence electrons. The van der Waals surface area contributed by atoms with Crippen LogP contribution >= 0.6 is 0 Å². The van der Waals surface area contributed by atoms with E-state index in [-0.39, 0.29) is 5.91 Å². The van der Waals surface area contributed by atoms with E-state index >= 15 is 0 Å². The van der Waals surface area contributed by atoms with Crippen LogP contribution in [0.5, 0.6) is 0 Å². The summed E-state index contributed by atoms with van der Waals surface area (Å²) in [5.41, 5.74) is 5.17. The summed E-state index contributed by atoms with van der Waals surface area (Å²) in [7, 11) is 1.76. The van der Waals surface area contributed by atoms with Gasteiger partial charge in [0.25, 0.3) is 5.91 Å². The van der Waals surface area contributed by atoms with Gasteiger partial charge in [-0.3, -0.25) is 9.48 Å². The van der Waals surface area contributed by atoms with Crippen LogP contribution in [-0.2, 0) is 7.05 Å². The van der Waals surface area contributed by atoms with Crippen LogP contribution < -0.4 is 5.32 Å². The van der Waals surface area contributed by atoms with Crippen molar-refractivity contribution < 1.29 is 4.79 Å². The van der Waals surface area contributed by atoms with Gasteiger partial charge in [-0.15, -0.1) is 10.2 Å². The summed E-state index contributed by atoms with van der Waals surface area (Å²) < 4.78 is 3.20. The van der Waals surface area contributed by atoms with E-state index < -0.39 is 0 Å². The predicted molar refractivity (Wildman–Crippen MR) is 113 cm³/mol. The van der Waals surface area contributed by atoms with E-state index in [1.54, 1.807) is 28.6 Å². The summed E-state index contributed by atoms with van der Waals surface area (Å²) in [6.45, 7) is 0. The number of nitrogens with zero attached hydrogens (tertiary/aromatic N) is 6. The van der Waals surface area contributed by atoms with Gasteiger partial charge in [0, 0.05) is 23.9 Å². The Bertz CT molecular complexity index is 1350. The number of anilines is 1. The molecule has 0 saturated carbocycles. The molecule has 0 bridgehead atoms. The Morgan fingerprint density at radius 2 is 1.70 bits per heavy atom. The summed E-state index contributed by atoms with van der Waals surface area (Å²) in [4.78, 5) is 12.9. The Morgan fingerprint density at radius 1 is 0.867 bits per heavy atom. The van der Waals surface area contributed by atoms with Crippen molar-refractivity contribution in [2.24, 2.45) is 7.05 Å². The largest absolute Gasteiger partial charge is 0.321 e. The van der Waals surface area contributed by atoms with Crippen molar-refractivity contribution in [1.29, 1.82) is 0 Å². The molecule has 8 heteroatoms. The normalized spacial score (nSPS) is 11.0. The maximum atomic E-state index is 12.9. The Balaban J connectivity index is 1.40. The molecule has 1 N–H and O–H groups in total. The number of hydrogen-bond acceptors (Lipinski definition) is 5. The van der Waals surface area contributed by atoms with E-state index in [1.807, 2.05) is 66.7 Å². The van der Waals surface area contributed by atoms with Crippen molar-refractivity contribution in [3.8, 4) is 22.5 Å². The molecular weight excluding hydrogens is 378 g/mol. The number of aromatic nitrogens is 6. The van der Waals surface area contributed by atoms with Crippen LogP contribution in [-0.4, -0.2) is 35.5 Å². The third-order valence-corrected chi connectivity index (χ3v) is 4.76. The van der Waals surface area contributed by atoms with E-state index in [4.69, 9.17) is 0 Å². The zero-order chi connectivity index (χ0) is 20.5. The molecule has 3 aromatic heterocycles. The summed E-state index contributed by atoms with van der Waals surface area (Å²) in [5.74, 6) is -0.230.